The Morgan fingerprint density at radius 1 is 1.23 bits per heavy atom. The molecule has 3 atom stereocenters. The quantitative estimate of drug-likeness (QED) is 0.540. The first-order chi connectivity index (χ1) is 12.4. The summed E-state index contributed by atoms with van der Waals surface area (Å²) in [7, 11) is 2.13. The van der Waals surface area contributed by atoms with E-state index in [1.54, 1.807) is 0 Å². The van der Waals surface area contributed by atoms with Gasteiger partial charge in [-0.1, -0.05) is 42.9 Å². The Labute approximate surface area is 162 Å². The van der Waals surface area contributed by atoms with Gasteiger partial charge in [-0.3, -0.25) is 9.69 Å². The predicted molar refractivity (Wildman–Crippen MR) is 108 cm³/mol. The summed E-state index contributed by atoms with van der Waals surface area (Å²) in [6.07, 6.45) is 7.74. The van der Waals surface area contributed by atoms with Gasteiger partial charge in [-0.05, 0) is 55.7 Å². The lowest BCUT2D eigenvalue weighted by Gasteiger charge is -2.44. The highest BCUT2D eigenvalue weighted by Gasteiger charge is 2.50. The molecule has 2 aliphatic heterocycles. The summed E-state index contributed by atoms with van der Waals surface area (Å²) in [5.74, 6) is -0.736. The zero-order chi connectivity index (χ0) is 18.7. The molecule has 3 N–H and O–H groups in total. The van der Waals surface area contributed by atoms with Crippen molar-refractivity contribution in [3.63, 3.8) is 0 Å². The molecular weight excluding hydrogens is 346 g/mol. The molecule has 26 heavy (non-hydrogen) atoms. The van der Waals surface area contributed by atoms with Gasteiger partial charge in [0.15, 0.2) is 0 Å². The van der Waals surface area contributed by atoms with Crippen LogP contribution in [0.4, 0.5) is 0 Å². The van der Waals surface area contributed by atoms with Crippen molar-refractivity contribution in [1.82, 2.24) is 4.90 Å². The lowest BCUT2D eigenvalue weighted by Crippen LogP contribution is -2.58. The van der Waals surface area contributed by atoms with Crippen molar-refractivity contribution in [2.24, 2.45) is 11.7 Å². The van der Waals surface area contributed by atoms with E-state index >= 15 is 0 Å². The zero-order valence-corrected chi connectivity index (χ0v) is 16.4. The van der Waals surface area contributed by atoms with Crippen LogP contribution in [0.15, 0.2) is 24.3 Å². The summed E-state index contributed by atoms with van der Waals surface area (Å²) in [6, 6.07) is 8.95. The molecule has 3 unspecified atom stereocenters. The van der Waals surface area contributed by atoms with Gasteiger partial charge >= 0.3 is 5.97 Å². The van der Waals surface area contributed by atoms with Gasteiger partial charge < -0.3 is 10.8 Å². The number of unbranched alkanes of at least 4 members (excludes halogenated alkanes) is 1. The third-order valence-corrected chi connectivity index (χ3v) is 6.74. The summed E-state index contributed by atoms with van der Waals surface area (Å²) >= 11 is 5.99. The van der Waals surface area contributed by atoms with Crippen LogP contribution in [-0.2, 0) is 11.3 Å². The number of nitrogens with two attached hydrogens (primary N) is 1. The number of benzene rings is 1. The van der Waals surface area contributed by atoms with Crippen LogP contribution < -0.4 is 5.73 Å². The first-order valence-corrected chi connectivity index (χ1v) is 10.3. The summed E-state index contributed by atoms with van der Waals surface area (Å²) in [4.78, 5) is 14.6. The maximum absolute atomic E-state index is 12.0. The van der Waals surface area contributed by atoms with Crippen LogP contribution in [0, 0.1) is 5.92 Å². The maximum Gasteiger partial charge on any atom is 0.323 e. The average molecular weight is 377 g/mol. The van der Waals surface area contributed by atoms with Gasteiger partial charge in [0.1, 0.15) is 13.4 Å². The van der Waals surface area contributed by atoms with E-state index < -0.39 is 11.5 Å². The van der Waals surface area contributed by atoms with Gasteiger partial charge in [-0.25, -0.2) is 0 Å². The van der Waals surface area contributed by atoms with E-state index in [4.69, 9.17) is 17.3 Å². The third kappa shape index (κ3) is 4.10. The first-order valence-electron chi connectivity index (χ1n) is 9.96. The molecule has 2 fully saturated rings. The molecule has 4 nitrogen and oxygen atoms in total. The van der Waals surface area contributed by atoms with Gasteiger partial charge in [0, 0.05) is 23.7 Å². The summed E-state index contributed by atoms with van der Waals surface area (Å²) < 4.78 is 0. The lowest BCUT2D eigenvalue weighted by atomic mass is 9.73. The number of nitrogens with zero attached hydrogens (tertiary/aromatic N) is 1. The predicted octanol–water partition coefficient (Wildman–Crippen LogP) is 3.09. The van der Waals surface area contributed by atoms with Crippen molar-refractivity contribution in [1.29, 1.82) is 0 Å². The van der Waals surface area contributed by atoms with Crippen LogP contribution in [0.3, 0.4) is 0 Å². The fraction of sp³-hybridized carbons (Fsp3) is 0.650. The molecule has 0 spiro atoms. The number of rotatable bonds is 8. The number of fused-ring (bicyclic) bond motifs is 2. The smallest absolute Gasteiger partial charge is 0.323 e. The van der Waals surface area contributed by atoms with Crippen molar-refractivity contribution < 1.29 is 9.90 Å². The van der Waals surface area contributed by atoms with Gasteiger partial charge in [-0.15, -0.1) is 0 Å². The number of hydrogen-bond acceptors (Lipinski definition) is 3. The topological polar surface area (TPSA) is 66.6 Å². The number of piperidine rings is 1. The minimum absolute atomic E-state index is 0.0795. The highest BCUT2D eigenvalue weighted by molar-refractivity contribution is 6.30. The number of halogens is 1. The zero-order valence-electron chi connectivity index (χ0n) is 15.7. The summed E-state index contributed by atoms with van der Waals surface area (Å²) in [5, 5.41) is 10.6. The Kier molecular flexibility index (Phi) is 6.31. The van der Waals surface area contributed by atoms with E-state index in [1.165, 1.54) is 5.56 Å². The molecule has 0 radical (unpaired) electrons. The van der Waals surface area contributed by atoms with E-state index in [0.29, 0.717) is 18.5 Å². The van der Waals surface area contributed by atoms with Crippen LogP contribution in [0.5, 0.6) is 0 Å². The average Bonchev–Trinajstić information content (AvgIpc) is 2.84. The van der Waals surface area contributed by atoms with Crippen LogP contribution in [0.2, 0.25) is 11.3 Å². The second kappa shape index (κ2) is 8.32. The SMILES string of the molecule is BCCCCC(N)(C(=O)O)C1CC2CCC(C1)N2Cc1ccc(Cl)cc1. The summed E-state index contributed by atoms with van der Waals surface area (Å²) in [6.45, 7) is 0.916. The highest BCUT2D eigenvalue weighted by Crippen LogP contribution is 2.44. The van der Waals surface area contributed by atoms with Crippen LogP contribution >= 0.6 is 11.6 Å². The number of hydrogen-bond donors (Lipinski definition) is 2. The highest BCUT2D eigenvalue weighted by atomic mass is 35.5. The van der Waals surface area contributed by atoms with Crippen molar-refractivity contribution >= 4 is 25.4 Å². The van der Waals surface area contributed by atoms with E-state index in [0.717, 1.165) is 56.4 Å². The van der Waals surface area contributed by atoms with E-state index in [9.17, 15) is 9.90 Å². The largest absolute Gasteiger partial charge is 0.480 e. The number of carbonyl (C=O) groups is 1. The monoisotopic (exact) mass is 376 g/mol. The number of aliphatic carboxylic acids is 1. The molecule has 0 saturated carbocycles. The molecule has 3 rings (SSSR count). The fourth-order valence-corrected chi connectivity index (χ4v) is 5.03. The molecule has 2 heterocycles. The molecule has 1 aromatic carbocycles. The Morgan fingerprint density at radius 2 is 1.85 bits per heavy atom. The minimum atomic E-state index is -1.07. The number of carboxylic acid groups (broad SMARTS) is 1. The molecule has 1 aromatic rings. The molecule has 0 aliphatic carbocycles. The number of carboxylic acids is 1. The standard InChI is InChI=1S/C20H30BClN2O2/c21-10-2-1-9-20(23,19(25)26)15-11-17-7-8-18(12-15)24(17)13-14-3-5-16(22)6-4-14/h3-6,15,17-18H,1-2,7-13,21,23H2,(H,25,26). The van der Waals surface area contributed by atoms with Gasteiger partial charge in [0.2, 0.25) is 0 Å². The Bertz CT molecular complexity index is 613. The van der Waals surface area contributed by atoms with E-state index in [2.05, 4.69) is 24.9 Å². The van der Waals surface area contributed by atoms with Crippen molar-refractivity contribution in [3.05, 3.63) is 34.9 Å². The van der Waals surface area contributed by atoms with Crippen molar-refractivity contribution in [2.75, 3.05) is 0 Å². The fourth-order valence-electron chi connectivity index (χ4n) is 4.91. The van der Waals surface area contributed by atoms with Crippen LogP contribution in [0.25, 0.3) is 0 Å². The second-order valence-electron chi connectivity index (χ2n) is 8.15. The second-order valence-corrected chi connectivity index (χ2v) is 8.59. The molecular formula is C20H30BClN2O2. The Hall–Kier alpha value is -1.04. The third-order valence-electron chi connectivity index (χ3n) is 6.48. The van der Waals surface area contributed by atoms with E-state index in [1.807, 2.05) is 12.1 Å². The van der Waals surface area contributed by atoms with Gasteiger partial charge in [-0.2, -0.15) is 0 Å². The Morgan fingerprint density at radius 3 is 2.38 bits per heavy atom. The molecule has 142 valence electrons. The van der Waals surface area contributed by atoms with Gasteiger partial charge in [0.25, 0.3) is 0 Å². The van der Waals surface area contributed by atoms with Gasteiger partial charge in [0.05, 0.1) is 0 Å². The molecule has 0 amide bonds. The van der Waals surface area contributed by atoms with E-state index in [-0.39, 0.29) is 5.92 Å². The minimum Gasteiger partial charge on any atom is -0.480 e. The summed E-state index contributed by atoms with van der Waals surface area (Å²) in [5.41, 5.74) is 6.69. The van der Waals surface area contributed by atoms with Crippen molar-refractivity contribution in [3.8, 4) is 0 Å². The lowest BCUT2D eigenvalue weighted by molar-refractivity contribution is -0.147. The van der Waals surface area contributed by atoms with Crippen molar-refractivity contribution in [2.45, 2.75) is 75.4 Å². The first kappa shape index (κ1) is 19.7. The molecule has 6 heteroatoms. The molecule has 2 saturated heterocycles. The van der Waals surface area contributed by atoms with Crippen LogP contribution in [-0.4, -0.2) is 41.4 Å². The maximum atomic E-state index is 12.0. The van der Waals surface area contributed by atoms with Crippen LogP contribution in [0.1, 0.15) is 50.5 Å². The molecule has 0 aromatic heterocycles. The molecule has 2 aliphatic rings. The normalized spacial score (nSPS) is 28.0. The molecule has 2 bridgehead atoms. The Balaban J connectivity index is 1.68.